The first-order valence-electron chi connectivity index (χ1n) is 12.1. The van der Waals surface area contributed by atoms with Crippen molar-refractivity contribution in [1.82, 2.24) is 14.9 Å². The number of aromatic nitrogens is 2. The number of piperazine rings is 1. The van der Waals surface area contributed by atoms with Crippen molar-refractivity contribution < 1.29 is 8.42 Å². The fourth-order valence-electron chi connectivity index (χ4n) is 4.09. The van der Waals surface area contributed by atoms with Gasteiger partial charge in [0.25, 0.3) is 0 Å². The molecule has 7 nitrogen and oxygen atoms in total. The number of sulfone groups is 1. The Morgan fingerprint density at radius 2 is 1.69 bits per heavy atom. The Balaban J connectivity index is 1.44. The highest BCUT2D eigenvalue weighted by Gasteiger charge is 2.17. The summed E-state index contributed by atoms with van der Waals surface area (Å²) >= 11 is 0. The Labute approximate surface area is 209 Å². The highest BCUT2D eigenvalue weighted by Crippen LogP contribution is 2.22. The van der Waals surface area contributed by atoms with Crippen molar-refractivity contribution in [2.24, 2.45) is 0 Å². The number of hydrogen-bond donors (Lipinski definition) is 1. The predicted octanol–water partition coefficient (Wildman–Crippen LogP) is 4.19. The molecule has 4 rings (SSSR count). The summed E-state index contributed by atoms with van der Waals surface area (Å²) in [4.78, 5) is 14.0. The number of rotatable bonds is 8. The SMILES string of the molecule is Cc1cnc(Nc2ccc(N3CCN(C)CC3)cc2)nc1Cc1cccc(CS(=O)(=O)C(C)C)c1. The van der Waals surface area contributed by atoms with Crippen molar-refractivity contribution in [3.8, 4) is 0 Å². The zero-order valence-corrected chi connectivity index (χ0v) is 21.8. The van der Waals surface area contributed by atoms with Crippen LogP contribution in [0.1, 0.15) is 36.2 Å². The molecule has 35 heavy (non-hydrogen) atoms. The summed E-state index contributed by atoms with van der Waals surface area (Å²) in [6, 6.07) is 16.2. The van der Waals surface area contributed by atoms with Crippen LogP contribution >= 0.6 is 0 Å². The fourth-order valence-corrected chi connectivity index (χ4v) is 5.07. The van der Waals surface area contributed by atoms with Gasteiger partial charge in [-0.25, -0.2) is 18.4 Å². The number of anilines is 3. The minimum atomic E-state index is -3.14. The molecule has 2 aromatic carbocycles. The largest absolute Gasteiger partial charge is 0.369 e. The van der Waals surface area contributed by atoms with E-state index in [0.717, 1.165) is 54.3 Å². The first-order valence-corrected chi connectivity index (χ1v) is 13.8. The lowest BCUT2D eigenvalue weighted by atomic mass is 10.0. The number of benzene rings is 2. The number of hydrogen-bond acceptors (Lipinski definition) is 7. The maximum atomic E-state index is 12.3. The van der Waals surface area contributed by atoms with Gasteiger partial charge in [-0.15, -0.1) is 0 Å². The van der Waals surface area contributed by atoms with E-state index in [4.69, 9.17) is 4.98 Å². The lowest BCUT2D eigenvalue weighted by Gasteiger charge is -2.34. The summed E-state index contributed by atoms with van der Waals surface area (Å²) < 4.78 is 24.7. The van der Waals surface area contributed by atoms with Gasteiger partial charge in [0.1, 0.15) is 0 Å². The van der Waals surface area contributed by atoms with Crippen LogP contribution in [0, 0.1) is 6.92 Å². The van der Waals surface area contributed by atoms with Crippen molar-refractivity contribution in [1.29, 1.82) is 0 Å². The Morgan fingerprint density at radius 1 is 1.00 bits per heavy atom. The van der Waals surface area contributed by atoms with Gasteiger partial charge in [0.2, 0.25) is 5.95 Å². The van der Waals surface area contributed by atoms with E-state index in [2.05, 4.69) is 51.4 Å². The summed E-state index contributed by atoms with van der Waals surface area (Å²) in [5.74, 6) is 0.606. The third-order valence-electron chi connectivity index (χ3n) is 6.52. The van der Waals surface area contributed by atoms with Gasteiger partial charge < -0.3 is 15.1 Å². The highest BCUT2D eigenvalue weighted by atomic mass is 32.2. The minimum absolute atomic E-state index is 0.0538. The van der Waals surface area contributed by atoms with E-state index in [1.807, 2.05) is 37.4 Å². The average molecular weight is 494 g/mol. The van der Waals surface area contributed by atoms with Crippen LogP contribution in [0.5, 0.6) is 0 Å². The molecule has 0 spiro atoms. The second kappa shape index (κ2) is 10.7. The third kappa shape index (κ3) is 6.58. The minimum Gasteiger partial charge on any atom is -0.369 e. The maximum absolute atomic E-state index is 12.3. The van der Waals surface area contributed by atoms with Crippen LogP contribution in [-0.4, -0.2) is 61.8 Å². The second-order valence-electron chi connectivity index (χ2n) is 9.64. The monoisotopic (exact) mass is 493 g/mol. The zero-order valence-electron chi connectivity index (χ0n) is 21.0. The lowest BCUT2D eigenvalue weighted by molar-refractivity contribution is 0.313. The third-order valence-corrected chi connectivity index (χ3v) is 8.69. The van der Waals surface area contributed by atoms with Gasteiger partial charge in [-0.1, -0.05) is 24.3 Å². The normalized spacial score (nSPS) is 14.9. The number of nitrogens with one attached hydrogen (secondary N) is 1. The molecular weight excluding hydrogens is 458 g/mol. The van der Waals surface area contributed by atoms with E-state index in [0.29, 0.717) is 12.4 Å². The molecule has 8 heteroatoms. The van der Waals surface area contributed by atoms with Crippen molar-refractivity contribution in [3.05, 3.63) is 77.1 Å². The molecule has 186 valence electrons. The first-order chi connectivity index (χ1) is 16.7. The van der Waals surface area contributed by atoms with E-state index in [-0.39, 0.29) is 11.0 Å². The molecule has 3 aromatic rings. The molecule has 0 radical (unpaired) electrons. The molecule has 0 unspecified atom stereocenters. The summed E-state index contributed by atoms with van der Waals surface area (Å²) in [7, 11) is -0.983. The van der Waals surface area contributed by atoms with E-state index in [1.54, 1.807) is 13.8 Å². The van der Waals surface area contributed by atoms with Crippen molar-refractivity contribution in [3.63, 3.8) is 0 Å². The van der Waals surface area contributed by atoms with Crippen molar-refractivity contribution in [2.75, 3.05) is 43.4 Å². The van der Waals surface area contributed by atoms with Crippen molar-refractivity contribution in [2.45, 2.75) is 38.2 Å². The molecule has 1 aromatic heterocycles. The molecule has 0 atom stereocenters. The summed E-state index contributed by atoms with van der Waals surface area (Å²) in [6.07, 6.45) is 2.44. The molecule has 1 N–H and O–H groups in total. The molecule has 1 fully saturated rings. The molecule has 1 aliphatic rings. The summed E-state index contributed by atoms with van der Waals surface area (Å²) in [6.45, 7) is 9.68. The molecule has 1 aliphatic heterocycles. The Morgan fingerprint density at radius 3 is 2.37 bits per heavy atom. The van der Waals surface area contributed by atoms with Gasteiger partial charge in [-0.2, -0.15) is 0 Å². The number of likely N-dealkylation sites (N-methyl/N-ethyl adjacent to an activating group) is 1. The van der Waals surface area contributed by atoms with Crippen LogP contribution < -0.4 is 10.2 Å². The van der Waals surface area contributed by atoms with Gasteiger partial charge in [-0.05, 0) is 68.8 Å². The van der Waals surface area contributed by atoms with Crippen LogP contribution in [0.4, 0.5) is 17.3 Å². The molecule has 0 bridgehead atoms. The smallest absolute Gasteiger partial charge is 0.227 e. The highest BCUT2D eigenvalue weighted by molar-refractivity contribution is 7.91. The van der Waals surface area contributed by atoms with Crippen LogP contribution in [0.3, 0.4) is 0 Å². The standard InChI is InChI=1S/C27H35N5O2S/c1-20(2)35(33,34)19-23-7-5-6-22(16-23)17-26-21(3)18-28-27(30-26)29-24-8-10-25(11-9-24)32-14-12-31(4)13-15-32/h5-11,16,18,20H,12-15,17,19H2,1-4H3,(H,28,29,30). The average Bonchev–Trinajstić information content (AvgIpc) is 2.82. The van der Waals surface area contributed by atoms with Gasteiger partial charge in [0.15, 0.2) is 9.84 Å². The molecule has 0 amide bonds. The Bertz CT molecular complexity index is 1250. The van der Waals surface area contributed by atoms with Crippen LogP contribution in [0.25, 0.3) is 0 Å². The van der Waals surface area contributed by atoms with Gasteiger partial charge in [0, 0.05) is 50.2 Å². The Hall–Kier alpha value is -2.97. The number of nitrogens with zero attached hydrogens (tertiary/aromatic N) is 4. The first kappa shape index (κ1) is 25.1. The van der Waals surface area contributed by atoms with Crippen LogP contribution in [0.15, 0.2) is 54.7 Å². The quantitative estimate of drug-likeness (QED) is 0.504. The van der Waals surface area contributed by atoms with E-state index in [9.17, 15) is 8.42 Å². The van der Waals surface area contributed by atoms with Gasteiger partial charge >= 0.3 is 0 Å². The maximum Gasteiger partial charge on any atom is 0.227 e. The predicted molar refractivity (Wildman–Crippen MR) is 143 cm³/mol. The topological polar surface area (TPSA) is 78.4 Å². The second-order valence-corrected chi connectivity index (χ2v) is 12.2. The molecule has 0 saturated carbocycles. The van der Waals surface area contributed by atoms with E-state index < -0.39 is 9.84 Å². The summed E-state index contributed by atoms with van der Waals surface area (Å²) in [5, 5.41) is 2.93. The summed E-state index contributed by atoms with van der Waals surface area (Å²) in [5.41, 5.74) is 5.93. The lowest BCUT2D eigenvalue weighted by Crippen LogP contribution is -2.44. The van der Waals surface area contributed by atoms with E-state index in [1.165, 1.54) is 5.69 Å². The van der Waals surface area contributed by atoms with Gasteiger partial charge in [-0.3, -0.25) is 0 Å². The van der Waals surface area contributed by atoms with Crippen LogP contribution in [0.2, 0.25) is 0 Å². The Kier molecular flexibility index (Phi) is 7.72. The van der Waals surface area contributed by atoms with Crippen LogP contribution in [-0.2, 0) is 22.0 Å². The van der Waals surface area contributed by atoms with Gasteiger partial charge in [0.05, 0.1) is 16.7 Å². The molecule has 2 heterocycles. The molecule has 1 saturated heterocycles. The fraction of sp³-hybridized carbons (Fsp3) is 0.407. The zero-order chi connectivity index (χ0) is 25.0. The molecule has 0 aliphatic carbocycles. The van der Waals surface area contributed by atoms with E-state index >= 15 is 0 Å². The number of aryl methyl sites for hydroxylation is 1. The van der Waals surface area contributed by atoms with Crippen molar-refractivity contribution >= 4 is 27.2 Å². The molecular formula is C27H35N5O2S.